The van der Waals surface area contributed by atoms with Crippen molar-refractivity contribution in [3.05, 3.63) is 97.5 Å². The summed E-state index contributed by atoms with van der Waals surface area (Å²) in [6.45, 7) is 5.60. The van der Waals surface area contributed by atoms with Crippen LogP contribution < -0.4 is 4.90 Å². The number of carbonyl (C=O) groups is 2. The van der Waals surface area contributed by atoms with Crippen molar-refractivity contribution in [2.24, 2.45) is 0 Å². The van der Waals surface area contributed by atoms with Gasteiger partial charge in [-0.3, -0.25) is 4.79 Å². The number of aryl methyl sites for hydroxylation is 1. The van der Waals surface area contributed by atoms with E-state index in [1.165, 1.54) is 7.11 Å². The summed E-state index contributed by atoms with van der Waals surface area (Å²) in [6, 6.07) is 14.5. The van der Waals surface area contributed by atoms with Gasteiger partial charge >= 0.3 is 5.97 Å². The molecule has 0 N–H and O–H groups in total. The first kappa shape index (κ1) is 24.1. The highest BCUT2D eigenvalue weighted by molar-refractivity contribution is 6.43. The molecule has 0 aliphatic carbocycles. The van der Waals surface area contributed by atoms with E-state index in [0.717, 1.165) is 22.6 Å². The van der Waals surface area contributed by atoms with Crippen molar-refractivity contribution in [2.45, 2.75) is 20.8 Å². The summed E-state index contributed by atoms with van der Waals surface area (Å²) < 4.78 is 6.86. The molecule has 1 aliphatic rings. The van der Waals surface area contributed by atoms with Crippen LogP contribution in [0.25, 0.3) is 11.8 Å². The van der Waals surface area contributed by atoms with Gasteiger partial charge in [-0.25, -0.2) is 4.79 Å². The number of methoxy groups -OCH3 is 1. The first-order chi connectivity index (χ1) is 16.1. The van der Waals surface area contributed by atoms with E-state index >= 15 is 0 Å². The smallest absolute Gasteiger partial charge is 0.343 e. The van der Waals surface area contributed by atoms with Gasteiger partial charge in [0.25, 0.3) is 0 Å². The van der Waals surface area contributed by atoms with Crippen LogP contribution >= 0.6 is 34.8 Å². The van der Waals surface area contributed by atoms with Crippen LogP contribution in [-0.2, 0) is 14.3 Å². The van der Waals surface area contributed by atoms with Gasteiger partial charge in [0.1, 0.15) is 5.57 Å². The summed E-state index contributed by atoms with van der Waals surface area (Å²) in [6.07, 6.45) is 1.77. The molecule has 34 heavy (non-hydrogen) atoms. The summed E-state index contributed by atoms with van der Waals surface area (Å²) in [5.41, 5.74) is 4.83. The number of allylic oxidation sites excluding steroid dienone is 2. The Kier molecular flexibility index (Phi) is 6.63. The van der Waals surface area contributed by atoms with E-state index < -0.39 is 11.8 Å². The normalized spacial score (nSPS) is 15.0. The Labute approximate surface area is 212 Å². The van der Waals surface area contributed by atoms with Gasteiger partial charge in [0.15, 0.2) is 0 Å². The zero-order chi connectivity index (χ0) is 24.7. The Morgan fingerprint density at radius 1 is 1.00 bits per heavy atom. The molecule has 0 fully saturated rings. The molecule has 4 rings (SSSR count). The summed E-state index contributed by atoms with van der Waals surface area (Å²) in [5, 5.41) is 1.46. The predicted molar refractivity (Wildman–Crippen MR) is 137 cm³/mol. The fourth-order valence-electron chi connectivity index (χ4n) is 4.20. The molecule has 0 radical (unpaired) electrons. The van der Waals surface area contributed by atoms with E-state index in [2.05, 4.69) is 0 Å². The first-order valence-electron chi connectivity index (χ1n) is 10.4. The number of carbonyl (C=O) groups excluding carboxylic acids is 2. The highest BCUT2D eigenvalue weighted by Gasteiger charge is 2.38. The number of halogens is 3. The molecule has 2 aromatic carbocycles. The number of Topliss-reactive ketones (excluding diaryl/α,β-unsaturated/α-hetero) is 1. The highest BCUT2D eigenvalue weighted by Crippen LogP contribution is 2.37. The van der Waals surface area contributed by atoms with Crippen LogP contribution in [0.4, 0.5) is 5.69 Å². The second-order valence-corrected chi connectivity index (χ2v) is 9.08. The number of esters is 1. The lowest BCUT2D eigenvalue weighted by Gasteiger charge is -2.21. The SMILES string of the molecule is COC(=O)C1=C(C)N(c2ccc(Cl)cc2)/C(=C\c2cc(C)n(-c3cccc(Cl)c3Cl)c2C)C1=O. The molecule has 1 aliphatic heterocycles. The molecule has 1 aromatic heterocycles. The third-order valence-electron chi connectivity index (χ3n) is 5.81. The van der Waals surface area contributed by atoms with Gasteiger partial charge in [-0.2, -0.15) is 0 Å². The van der Waals surface area contributed by atoms with Gasteiger partial charge in [-0.05, 0) is 74.9 Å². The van der Waals surface area contributed by atoms with Gasteiger partial charge in [-0.1, -0.05) is 40.9 Å². The number of ketones is 1. The third kappa shape index (κ3) is 4.05. The van der Waals surface area contributed by atoms with Crippen LogP contribution in [0.1, 0.15) is 23.9 Å². The molecule has 3 aromatic rings. The van der Waals surface area contributed by atoms with Crippen molar-refractivity contribution in [1.29, 1.82) is 0 Å². The van der Waals surface area contributed by atoms with Gasteiger partial charge in [0, 0.05) is 27.8 Å². The quantitative estimate of drug-likeness (QED) is 0.215. The molecule has 0 bridgehead atoms. The molecule has 0 spiro atoms. The average Bonchev–Trinajstić information content (AvgIpc) is 3.22. The zero-order valence-electron chi connectivity index (χ0n) is 18.9. The van der Waals surface area contributed by atoms with Gasteiger partial charge in [0.2, 0.25) is 5.78 Å². The topological polar surface area (TPSA) is 51.5 Å². The molecule has 0 unspecified atom stereocenters. The second kappa shape index (κ2) is 9.34. The number of benzene rings is 2. The number of aromatic nitrogens is 1. The largest absolute Gasteiger partial charge is 0.465 e. The number of hydrogen-bond donors (Lipinski definition) is 0. The van der Waals surface area contributed by atoms with E-state index in [1.54, 1.807) is 48.2 Å². The molecule has 0 saturated heterocycles. The van der Waals surface area contributed by atoms with Gasteiger partial charge < -0.3 is 14.2 Å². The zero-order valence-corrected chi connectivity index (χ0v) is 21.2. The number of hydrogen-bond acceptors (Lipinski definition) is 4. The van der Waals surface area contributed by atoms with E-state index in [0.29, 0.717) is 32.1 Å². The number of ether oxygens (including phenoxy) is 1. The lowest BCUT2D eigenvalue weighted by Crippen LogP contribution is -2.18. The first-order valence-corrected chi connectivity index (χ1v) is 11.5. The van der Waals surface area contributed by atoms with Crippen LogP contribution in [0.3, 0.4) is 0 Å². The summed E-state index contributed by atoms with van der Waals surface area (Å²) in [5.74, 6) is -1.09. The number of anilines is 1. The summed E-state index contributed by atoms with van der Waals surface area (Å²) >= 11 is 18.8. The number of nitrogens with zero attached hydrogens (tertiary/aromatic N) is 2. The molecule has 0 atom stereocenters. The van der Waals surface area contributed by atoms with Crippen molar-refractivity contribution in [3.8, 4) is 5.69 Å². The fraction of sp³-hybridized carbons (Fsp3) is 0.154. The van der Waals surface area contributed by atoms with Crippen molar-refractivity contribution in [2.75, 3.05) is 12.0 Å². The summed E-state index contributed by atoms with van der Waals surface area (Å²) in [4.78, 5) is 27.6. The number of rotatable bonds is 4. The average molecular weight is 516 g/mol. The van der Waals surface area contributed by atoms with Crippen LogP contribution in [0.5, 0.6) is 0 Å². The molecule has 0 saturated carbocycles. The molecule has 0 amide bonds. The van der Waals surface area contributed by atoms with Crippen LogP contribution in [0.2, 0.25) is 15.1 Å². The van der Waals surface area contributed by atoms with E-state index in [-0.39, 0.29) is 5.57 Å². The third-order valence-corrected chi connectivity index (χ3v) is 6.87. The van der Waals surface area contributed by atoms with E-state index in [4.69, 9.17) is 39.5 Å². The van der Waals surface area contributed by atoms with Crippen LogP contribution in [0, 0.1) is 13.8 Å². The van der Waals surface area contributed by atoms with Crippen molar-refractivity contribution in [3.63, 3.8) is 0 Å². The Morgan fingerprint density at radius 2 is 1.68 bits per heavy atom. The molecule has 2 heterocycles. The molecule has 8 heteroatoms. The van der Waals surface area contributed by atoms with Crippen LogP contribution in [0.15, 0.2) is 65.5 Å². The molecular formula is C26H21Cl3N2O3. The van der Waals surface area contributed by atoms with Crippen LogP contribution in [-0.4, -0.2) is 23.4 Å². The Balaban J connectivity index is 1.89. The maximum atomic E-state index is 13.4. The van der Waals surface area contributed by atoms with Gasteiger partial charge in [0.05, 0.1) is 28.5 Å². The van der Waals surface area contributed by atoms with E-state index in [1.807, 2.05) is 36.6 Å². The minimum absolute atomic E-state index is 0.00427. The second-order valence-electron chi connectivity index (χ2n) is 7.86. The molecule has 174 valence electrons. The highest BCUT2D eigenvalue weighted by atomic mass is 35.5. The summed E-state index contributed by atoms with van der Waals surface area (Å²) in [7, 11) is 1.26. The fourth-order valence-corrected chi connectivity index (χ4v) is 4.70. The maximum absolute atomic E-state index is 13.4. The standard InChI is InChI=1S/C26H21Cl3N2O3/c1-14-12-17(15(2)30(14)21-7-5-6-20(28)24(21)29)13-22-25(32)23(26(33)34-4)16(3)31(22)19-10-8-18(27)9-11-19/h5-13H,1-4H3/b22-13-. The minimum Gasteiger partial charge on any atom is -0.465 e. The molecule has 5 nitrogen and oxygen atoms in total. The predicted octanol–water partition coefficient (Wildman–Crippen LogP) is 6.93. The monoisotopic (exact) mass is 514 g/mol. The lowest BCUT2D eigenvalue weighted by atomic mass is 10.1. The minimum atomic E-state index is -0.680. The Hall–Kier alpha value is -2.99. The van der Waals surface area contributed by atoms with E-state index in [9.17, 15) is 9.59 Å². The van der Waals surface area contributed by atoms with Crippen molar-refractivity contribution < 1.29 is 14.3 Å². The maximum Gasteiger partial charge on any atom is 0.343 e. The van der Waals surface area contributed by atoms with Crippen molar-refractivity contribution >= 4 is 58.3 Å². The Morgan fingerprint density at radius 3 is 2.32 bits per heavy atom. The van der Waals surface area contributed by atoms with Gasteiger partial charge in [-0.15, -0.1) is 0 Å². The Bertz CT molecular complexity index is 1390. The lowest BCUT2D eigenvalue weighted by molar-refractivity contribution is -0.137. The molecular weight excluding hydrogens is 495 g/mol. The van der Waals surface area contributed by atoms with Crippen molar-refractivity contribution in [1.82, 2.24) is 4.57 Å².